The van der Waals surface area contributed by atoms with E-state index in [0.717, 1.165) is 0 Å². The fourth-order valence-corrected chi connectivity index (χ4v) is 0. The van der Waals surface area contributed by atoms with E-state index in [4.69, 9.17) is 9.59 Å². The number of amides is 2. The molecule has 4 nitrogen and oxygen atoms in total. The summed E-state index contributed by atoms with van der Waals surface area (Å²) in [6, 6.07) is 0. The Morgan fingerprint density at radius 2 is 1.08 bits per heavy atom. The van der Waals surface area contributed by atoms with Gasteiger partial charge in [0.2, 0.25) is 0 Å². The lowest BCUT2D eigenvalue weighted by Gasteiger charge is -1.68. The molecule has 0 aliphatic heterocycles. The zero-order valence-electron chi connectivity index (χ0n) is 7.28. The summed E-state index contributed by atoms with van der Waals surface area (Å²) < 4.78 is 0. The van der Waals surface area contributed by atoms with Gasteiger partial charge in [-0.15, -0.1) is 0 Å². The summed E-state index contributed by atoms with van der Waals surface area (Å²) in [7, 11) is 0. The quantitative estimate of drug-likeness (QED) is 0.499. The number of hydrogen-bond acceptors (Lipinski definition) is 2. The van der Waals surface area contributed by atoms with E-state index in [9.17, 15) is 0 Å². The Morgan fingerprint density at radius 1 is 1.00 bits per heavy atom. The van der Waals surface area contributed by atoms with Crippen molar-refractivity contribution in [3.05, 3.63) is 0 Å². The minimum Gasteiger partial charge on any atom is -0.361 e. The molecule has 0 heterocycles. The standard InChI is InChI=1S/C4H10.2CH3NOS/c1-3-4-2;2*2-1(3)4/h3-4H2,1-2H3;2*(H3,2,3,4). The van der Waals surface area contributed by atoms with Crippen molar-refractivity contribution >= 4 is 35.7 Å². The summed E-state index contributed by atoms with van der Waals surface area (Å²) in [5.74, 6) is 0. The number of hydrogen-bond donors (Lipinski definition) is 4. The fraction of sp³-hybridized carbons (Fsp3) is 0.667. The third kappa shape index (κ3) is 1760. The molecule has 0 spiro atoms. The van der Waals surface area contributed by atoms with Gasteiger partial charge in [-0.3, -0.25) is 9.59 Å². The second-order valence-electron chi connectivity index (χ2n) is 1.68. The van der Waals surface area contributed by atoms with Gasteiger partial charge in [0.15, 0.2) is 0 Å². The molecule has 0 unspecified atom stereocenters. The van der Waals surface area contributed by atoms with E-state index in [1.165, 1.54) is 12.8 Å². The van der Waals surface area contributed by atoms with Crippen LogP contribution in [0.25, 0.3) is 0 Å². The van der Waals surface area contributed by atoms with Gasteiger partial charge in [0.25, 0.3) is 10.5 Å². The first-order valence-corrected chi connectivity index (χ1v) is 4.24. The zero-order valence-corrected chi connectivity index (χ0v) is 9.07. The summed E-state index contributed by atoms with van der Waals surface area (Å²) in [5.41, 5.74) is 8.67. The highest BCUT2D eigenvalue weighted by Gasteiger charge is 1.63. The molecular weight excluding hydrogens is 196 g/mol. The fourth-order valence-electron chi connectivity index (χ4n) is 0. The van der Waals surface area contributed by atoms with Crippen LogP contribution < -0.4 is 11.5 Å². The molecular formula is C6H16N2O2S2. The lowest BCUT2D eigenvalue weighted by Crippen LogP contribution is -1.95. The highest BCUT2D eigenvalue weighted by molar-refractivity contribution is 7.96. The Labute approximate surface area is 83.9 Å². The van der Waals surface area contributed by atoms with Crippen molar-refractivity contribution in [1.29, 1.82) is 0 Å². The summed E-state index contributed by atoms with van der Waals surface area (Å²) in [6.45, 7) is 4.36. The second kappa shape index (κ2) is 16.9. The molecule has 0 saturated heterocycles. The topological polar surface area (TPSA) is 86.2 Å². The normalized spacial score (nSPS) is 6.67. The summed E-state index contributed by atoms with van der Waals surface area (Å²) >= 11 is 6.21. The molecule has 0 rings (SSSR count). The van der Waals surface area contributed by atoms with Crippen molar-refractivity contribution in [2.45, 2.75) is 26.7 Å². The number of primary amides is 2. The van der Waals surface area contributed by atoms with Gasteiger partial charge in [0.05, 0.1) is 0 Å². The Morgan fingerprint density at radius 3 is 1.08 bits per heavy atom. The van der Waals surface area contributed by atoms with Crippen LogP contribution in [0.5, 0.6) is 0 Å². The molecule has 0 atom stereocenters. The van der Waals surface area contributed by atoms with Crippen LogP contribution in [-0.2, 0) is 0 Å². The van der Waals surface area contributed by atoms with Gasteiger partial charge in [-0.05, 0) is 0 Å². The van der Waals surface area contributed by atoms with Gasteiger partial charge >= 0.3 is 0 Å². The van der Waals surface area contributed by atoms with Crippen LogP contribution in [0.3, 0.4) is 0 Å². The number of unbranched alkanes of at least 4 members (excludes halogenated alkanes) is 1. The lowest BCUT2D eigenvalue weighted by atomic mass is 10.4. The van der Waals surface area contributed by atoms with E-state index < -0.39 is 10.5 Å². The third-order valence-electron chi connectivity index (χ3n) is 0.500. The van der Waals surface area contributed by atoms with E-state index in [2.05, 4.69) is 50.6 Å². The monoisotopic (exact) mass is 212 g/mol. The Balaban J connectivity index is -0.000000101. The second-order valence-corrected chi connectivity index (χ2v) is 2.56. The average Bonchev–Trinajstić information content (AvgIpc) is 1.85. The lowest BCUT2D eigenvalue weighted by molar-refractivity contribution is 0.266. The SMILES string of the molecule is CCCC.NC(=O)S.NC(=O)S. The molecule has 4 N–H and O–H groups in total. The zero-order chi connectivity index (χ0) is 10.6. The van der Waals surface area contributed by atoms with E-state index in [-0.39, 0.29) is 0 Å². The molecule has 0 saturated carbocycles. The average molecular weight is 212 g/mol. The molecule has 6 heteroatoms. The first-order chi connectivity index (χ1) is 5.38. The first kappa shape index (κ1) is 17.7. The van der Waals surface area contributed by atoms with Crippen molar-refractivity contribution in [3.8, 4) is 0 Å². The van der Waals surface area contributed by atoms with Gasteiger partial charge < -0.3 is 11.5 Å². The van der Waals surface area contributed by atoms with Crippen molar-refractivity contribution in [2.24, 2.45) is 11.5 Å². The molecule has 12 heavy (non-hydrogen) atoms. The molecule has 0 aromatic carbocycles. The molecule has 0 aliphatic carbocycles. The van der Waals surface area contributed by atoms with E-state index in [1.807, 2.05) is 0 Å². The van der Waals surface area contributed by atoms with E-state index in [0.29, 0.717) is 0 Å². The van der Waals surface area contributed by atoms with Gasteiger partial charge in [-0.2, -0.15) is 0 Å². The Kier molecular flexibility index (Phi) is 24.9. The van der Waals surface area contributed by atoms with E-state index in [1.54, 1.807) is 0 Å². The van der Waals surface area contributed by atoms with Crippen molar-refractivity contribution in [1.82, 2.24) is 0 Å². The van der Waals surface area contributed by atoms with Crippen LogP contribution in [0, 0.1) is 0 Å². The first-order valence-electron chi connectivity index (χ1n) is 3.35. The Hall–Kier alpha value is -0.360. The number of rotatable bonds is 1. The van der Waals surface area contributed by atoms with Gasteiger partial charge in [-0.1, -0.05) is 51.9 Å². The van der Waals surface area contributed by atoms with E-state index >= 15 is 0 Å². The maximum Gasteiger partial charge on any atom is 0.273 e. The van der Waals surface area contributed by atoms with Crippen LogP contribution in [-0.4, -0.2) is 10.5 Å². The number of carbonyl (C=O) groups is 2. The molecule has 74 valence electrons. The van der Waals surface area contributed by atoms with Crippen molar-refractivity contribution in [3.63, 3.8) is 0 Å². The molecule has 0 aliphatic rings. The third-order valence-corrected chi connectivity index (χ3v) is 0.500. The minimum absolute atomic E-state index is 0.639. The van der Waals surface area contributed by atoms with Crippen LogP contribution in [0.2, 0.25) is 0 Å². The molecule has 2 amide bonds. The summed E-state index contributed by atoms with van der Waals surface area (Å²) in [6.07, 6.45) is 2.64. The smallest absolute Gasteiger partial charge is 0.273 e. The number of thiol groups is 2. The van der Waals surface area contributed by atoms with Crippen LogP contribution >= 0.6 is 25.3 Å². The van der Waals surface area contributed by atoms with Crippen LogP contribution in [0.4, 0.5) is 9.59 Å². The van der Waals surface area contributed by atoms with Crippen LogP contribution in [0.15, 0.2) is 0 Å². The van der Waals surface area contributed by atoms with Crippen LogP contribution in [0.1, 0.15) is 26.7 Å². The van der Waals surface area contributed by atoms with Crippen molar-refractivity contribution < 1.29 is 9.59 Å². The maximum atomic E-state index is 9.09. The highest BCUT2D eigenvalue weighted by atomic mass is 32.1. The minimum atomic E-state index is -0.639. The predicted molar refractivity (Wildman–Crippen MR) is 57.7 cm³/mol. The summed E-state index contributed by atoms with van der Waals surface area (Å²) in [4.78, 5) is 18.2. The maximum absolute atomic E-state index is 9.09. The molecule has 0 aromatic rings. The molecule has 0 aromatic heterocycles. The number of nitrogens with two attached hydrogens (primary N) is 2. The largest absolute Gasteiger partial charge is 0.361 e. The van der Waals surface area contributed by atoms with Gasteiger partial charge in [0.1, 0.15) is 0 Å². The number of carbonyl (C=O) groups excluding carboxylic acids is 2. The Bertz CT molecular complexity index is 98.1. The summed E-state index contributed by atoms with van der Waals surface area (Å²) in [5, 5.41) is -1.28. The molecule has 0 fully saturated rings. The van der Waals surface area contributed by atoms with Gasteiger partial charge in [-0.25, -0.2) is 0 Å². The molecule has 0 bridgehead atoms. The molecule has 0 radical (unpaired) electrons. The highest BCUT2D eigenvalue weighted by Crippen LogP contribution is 1.76. The van der Waals surface area contributed by atoms with Gasteiger partial charge in [0, 0.05) is 0 Å². The van der Waals surface area contributed by atoms with Crippen molar-refractivity contribution in [2.75, 3.05) is 0 Å². The predicted octanol–water partition coefficient (Wildman–Crippen LogP) is 1.80.